The zero-order valence-electron chi connectivity index (χ0n) is 17.1. The van der Waals surface area contributed by atoms with Gasteiger partial charge in [-0.15, -0.1) is 0 Å². The summed E-state index contributed by atoms with van der Waals surface area (Å²) in [5, 5.41) is 6.92. The summed E-state index contributed by atoms with van der Waals surface area (Å²) in [6.45, 7) is 26.1. The first kappa shape index (κ1) is 23.2. The van der Waals surface area contributed by atoms with E-state index in [2.05, 4.69) is 93.7 Å². The van der Waals surface area contributed by atoms with Gasteiger partial charge in [0.1, 0.15) is 0 Å². The molecule has 0 unspecified atom stereocenters. The fourth-order valence-electron chi connectivity index (χ4n) is 2.25. The van der Waals surface area contributed by atoms with Crippen LogP contribution in [0.4, 0.5) is 0 Å². The Morgan fingerprint density at radius 2 is 0.524 bits per heavy atom. The SMILES string of the molecule is C1CC1.CC(C)(C)NC(C)(C)C.CC(C)(C)NC(C)(C)C. The molecule has 0 spiro atoms. The first-order valence-electron chi connectivity index (χ1n) is 8.50. The number of rotatable bonds is 0. The summed E-state index contributed by atoms with van der Waals surface area (Å²) in [6.07, 6.45) is 4.50. The van der Waals surface area contributed by atoms with Crippen LogP contribution in [0, 0.1) is 0 Å². The van der Waals surface area contributed by atoms with Crippen molar-refractivity contribution >= 4 is 0 Å². The van der Waals surface area contributed by atoms with E-state index in [0.717, 1.165) is 0 Å². The normalized spacial score (nSPS) is 15.4. The van der Waals surface area contributed by atoms with Gasteiger partial charge in [0.25, 0.3) is 0 Å². The molecule has 0 saturated heterocycles. The number of nitrogens with one attached hydrogen (secondary N) is 2. The van der Waals surface area contributed by atoms with Gasteiger partial charge in [0.15, 0.2) is 0 Å². The minimum absolute atomic E-state index is 0.234. The Morgan fingerprint density at radius 3 is 0.524 bits per heavy atom. The van der Waals surface area contributed by atoms with E-state index in [9.17, 15) is 0 Å². The second kappa shape index (κ2) is 8.53. The maximum absolute atomic E-state index is 3.46. The van der Waals surface area contributed by atoms with Gasteiger partial charge < -0.3 is 10.6 Å². The van der Waals surface area contributed by atoms with Crippen molar-refractivity contribution in [1.82, 2.24) is 10.6 Å². The predicted molar refractivity (Wildman–Crippen MR) is 99.1 cm³/mol. The van der Waals surface area contributed by atoms with E-state index < -0.39 is 0 Å². The van der Waals surface area contributed by atoms with E-state index in [1.807, 2.05) is 0 Å². The Balaban J connectivity index is 0. The molecule has 0 aromatic rings. The summed E-state index contributed by atoms with van der Waals surface area (Å²) in [4.78, 5) is 0. The third-order valence-electron chi connectivity index (χ3n) is 1.85. The van der Waals surface area contributed by atoms with Gasteiger partial charge in [0.05, 0.1) is 0 Å². The molecule has 2 nitrogen and oxygen atoms in total. The smallest absolute Gasteiger partial charge is 0.0101 e. The first-order valence-corrected chi connectivity index (χ1v) is 8.50. The third kappa shape index (κ3) is 38.3. The van der Waals surface area contributed by atoms with Crippen LogP contribution >= 0.6 is 0 Å². The molecule has 0 radical (unpaired) electrons. The summed E-state index contributed by atoms with van der Waals surface area (Å²) in [5.41, 5.74) is 0.938. The Labute approximate surface area is 135 Å². The zero-order chi connectivity index (χ0) is 17.5. The van der Waals surface area contributed by atoms with E-state index in [-0.39, 0.29) is 22.2 Å². The molecule has 0 aromatic heterocycles. The van der Waals surface area contributed by atoms with Crippen LogP contribution in [-0.4, -0.2) is 22.2 Å². The van der Waals surface area contributed by atoms with Gasteiger partial charge >= 0.3 is 0 Å². The van der Waals surface area contributed by atoms with E-state index in [1.54, 1.807) is 0 Å². The van der Waals surface area contributed by atoms with Gasteiger partial charge in [0.2, 0.25) is 0 Å². The fourth-order valence-corrected chi connectivity index (χ4v) is 2.25. The second-order valence-corrected chi connectivity index (χ2v) is 10.3. The molecule has 2 N–H and O–H groups in total. The van der Waals surface area contributed by atoms with Crippen LogP contribution in [0.15, 0.2) is 0 Å². The first-order chi connectivity index (χ1) is 8.91. The summed E-state index contributed by atoms with van der Waals surface area (Å²) in [7, 11) is 0. The molecule has 21 heavy (non-hydrogen) atoms. The fraction of sp³-hybridized carbons (Fsp3) is 1.00. The highest BCUT2D eigenvalue weighted by atomic mass is 15.0. The maximum Gasteiger partial charge on any atom is 0.0101 e. The minimum atomic E-state index is 0.234. The van der Waals surface area contributed by atoms with Crippen LogP contribution in [0.5, 0.6) is 0 Å². The minimum Gasteiger partial charge on any atom is -0.307 e. The Bertz CT molecular complexity index is 198. The van der Waals surface area contributed by atoms with Crippen LogP contribution in [0.2, 0.25) is 0 Å². The Kier molecular flexibility index (Phi) is 9.41. The van der Waals surface area contributed by atoms with Crippen molar-refractivity contribution in [2.45, 2.75) is 125 Å². The van der Waals surface area contributed by atoms with Crippen LogP contribution in [-0.2, 0) is 0 Å². The van der Waals surface area contributed by atoms with Crippen LogP contribution in [0.25, 0.3) is 0 Å². The predicted octanol–water partition coefficient (Wildman–Crippen LogP) is 5.52. The molecule has 130 valence electrons. The molecular formula is C19H44N2. The van der Waals surface area contributed by atoms with Crippen LogP contribution in [0.1, 0.15) is 102 Å². The van der Waals surface area contributed by atoms with E-state index in [0.29, 0.717) is 0 Å². The highest BCUT2D eigenvalue weighted by molar-refractivity contribution is 4.81. The molecule has 0 bridgehead atoms. The van der Waals surface area contributed by atoms with Crippen molar-refractivity contribution in [2.24, 2.45) is 0 Å². The molecule has 0 heterocycles. The summed E-state index contributed by atoms with van der Waals surface area (Å²) < 4.78 is 0. The summed E-state index contributed by atoms with van der Waals surface area (Å²) in [6, 6.07) is 0. The van der Waals surface area contributed by atoms with Gasteiger partial charge in [0, 0.05) is 22.2 Å². The van der Waals surface area contributed by atoms with Crippen LogP contribution < -0.4 is 10.6 Å². The van der Waals surface area contributed by atoms with E-state index >= 15 is 0 Å². The average Bonchev–Trinajstić information content (AvgIpc) is 2.69. The third-order valence-corrected chi connectivity index (χ3v) is 1.85. The molecule has 1 fully saturated rings. The molecule has 1 rings (SSSR count). The van der Waals surface area contributed by atoms with E-state index in [4.69, 9.17) is 0 Å². The van der Waals surface area contributed by atoms with Crippen LogP contribution in [0.3, 0.4) is 0 Å². The van der Waals surface area contributed by atoms with E-state index in [1.165, 1.54) is 19.3 Å². The second-order valence-electron chi connectivity index (χ2n) is 10.3. The lowest BCUT2D eigenvalue weighted by molar-refractivity contribution is 0.302. The number of hydrogen-bond donors (Lipinski definition) is 2. The molecule has 2 heteroatoms. The highest BCUT2D eigenvalue weighted by Gasteiger charge is 2.18. The average molecular weight is 301 g/mol. The number of hydrogen-bond acceptors (Lipinski definition) is 2. The Hall–Kier alpha value is -0.0800. The standard InChI is InChI=1S/2C8H19N.C3H6/c2*1-7(2,3)9-8(4,5)6;1-2-3-1/h2*9H,1-6H3;1-3H2. The molecule has 0 aliphatic heterocycles. The molecular weight excluding hydrogens is 256 g/mol. The summed E-state index contributed by atoms with van der Waals surface area (Å²) in [5.74, 6) is 0. The lowest BCUT2D eigenvalue weighted by Crippen LogP contribution is -2.48. The molecule has 1 aliphatic carbocycles. The topological polar surface area (TPSA) is 24.1 Å². The van der Waals surface area contributed by atoms with Crippen molar-refractivity contribution in [3.8, 4) is 0 Å². The Morgan fingerprint density at radius 1 is 0.381 bits per heavy atom. The van der Waals surface area contributed by atoms with Crippen molar-refractivity contribution < 1.29 is 0 Å². The van der Waals surface area contributed by atoms with Gasteiger partial charge in [-0.25, -0.2) is 0 Å². The molecule has 1 aliphatic rings. The van der Waals surface area contributed by atoms with Crippen molar-refractivity contribution in [3.05, 3.63) is 0 Å². The quantitative estimate of drug-likeness (QED) is 0.616. The van der Waals surface area contributed by atoms with Gasteiger partial charge in [-0.05, 0) is 83.1 Å². The van der Waals surface area contributed by atoms with Crippen molar-refractivity contribution in [3.63, 3.8) is 0 Å². The molecule has 1 saturated carbocycles. The van der Waals surface area contributed by atoms with Gasteiger partial charge in [-0.3, -0.25) is 0 Å². The molecule has 0 atom stereocenters. The van der Waals surface area contributed by atoms with Gasteiger partial charge in [-0.2, -0.15) is 0 Å². The zero-order valence-corrected chi connectivity index (χ0v) is 17.1. The summed E-state index contributed by atoms with van der Waals surface area (Å²) >= 11 is 0. The molecule has 0 amide bonds. The largest absolute Gasteiger partial charge is 0.307 e. The van der Waals surface area contributed by atoms with Crippen molar-refractivity contribution in [1.29, 1.82) is 0 Å². The van der Waals surface area contributed by atoms with Crippen molar-refractivity contribution in [2.75, 3.05) is 0 Å². The maximum atomic E-state index is 3.46. The molecule has 0 aromatic carbocycles. The lowest BCUT2D eigenvalue weighted by Gasteiger charge is -2.31. The highest BCUT2D eigenvalue weighted by Crippen LogP contribution is 2.14. The van der Waals surface area contributed by atoms with Gasteiger partial charge in [-0.1, -0.05) is 19.3 Å². The lowest BCUT2D eigenvalue weighted by atomic mass is 10.0. The monoisotopic (exact) mass is 300 g/mol.